The van der Waals surface area contributed by atoms with Gasteiger partial charge in [0.1, 0.15) is 11.3 Å². The summed E-state index contributed by atoms with van der Waals surface area (Å²) in [5.41, 5.74) is 8.05. The molecule has 4 nitrogen and oxygen atoms in total. The fourth-order valence-corrected chi connectivity index (χ4v) is 3.77. The Morgan fingerprint density at radius 3 is 2.67 bits per heavy atom. The molecule has 0 aliphatic carbocycles. The first kappa shape index (κ1) is 13.9. The molecule has 0 amide bonds. The maximum absolute atomic E-state index is 6.22. The third-order valence-electron chi connectivity index (χ3n) is 3.67. The van der Waals surface area contributed by atoms with Gasteiger partial charge in [-0.25, -0.2) is 4.98 Å². The number of nitrogen functional groups attached to an aromatic ring is 1. The third kappa shape index (κ3) is 2.27. The second kappa shape index (κ2) is 5.41. The first-order chi connectivity index (χ1) is 10.1. The normalized spacial score (nSPS) is 13.0. The second-order valence-corrected chi connectivity index (χ2v) is 6.35. The Kier molecular flexibility index (Phi) is 3.59. The lowest BCUT2D eigenvalue weighted by Gasteiger charge is -2.23. The highest BCUT2D eigenvalue weighted by Gasteiger charge is 2.24. The number of nitrogens with zero attached hydrogens (tertiary/aromatic N) is 2. The summed E-state index contributed by atoms with van der Waals surface area (Å²) in [6.45, 7) is 4.41. The third-order valence-corrected chi connectivity index (χ3v) is 4.62. The SMILES string of the molecule is COc1cccc2c1nc(N)n2C(c1cccs1)C(C)C. The summed E-state index contributed by atoms with van der Waals surface area (Å²) in [6.07, 6.45) is 0. The predicted octanol–water partition coefficient (Wildman–Crippen LogP) is 3.93. The molecule has 2 N–H and O–H groups in total. The zero-order valence-electron chi connectivity index (χ0n) is 12.4. The first-order valence-electron chi connectivity index (χ1n) is 6.97. The van der Waals surface area contributed by atoms with Crippen molar-refractivity contribution in [1.29, 1.82) is 0 Å². The molecule has 0 saturated carbocycles. The summed E-state index contributed by atoms with van der Waals surface area (Å²) in [5.74, 6) is 1.70. The maximum atomic E-state index is 6.22. The predicted molar refractivity (Wildman–Crippen MR) is 88.0 cm³/mol. The van der Waals surface area contributed by atoms with Crippen molar-refractivity contribution in [2.75, 3.05) is 12.8 Å². The molecule has 0 aliphatic rings. The van der Waals surface area contributed by atoms with Crippen LogP contribution in [0.1, 0.15) is 24.8 Å². The van der Waals surface area contributed by atoms with Gasteiger partial charge in [0.15, 0.2) is 0 Å². The van der Waals surface area contributed by atoms with Crippen molar-refractivity contribution in [3.63, 3.8) is 0 Å². The zero-order chi connectivity index (χ0) is 15.0. The van der Waals surface area contributed by atoms with Crippen LogP contribution in [0.15, 0.2) is 35.7 Å². The van der Waals surface area contributed by atoms with E-state index in [2.05, 4.69) is 40.9 Å². The summed E-state index contributed by atoms with van der Waals surface area (Å²) in [7, 11) is 1.66. The van der Waals surface area contributed by atoms with E-state index >= 15 is 0 Å². The van der Waals surface area contributed by atoms with Gasteiger partial charge >= 0.3 is 0 Å². The van der Waals surface area contributed by atoms with Crippen molar-refractivity contribution in [2.45, 2.75) is 19.9 Å². The Morgan fingerprint density at radius 2 is 2.05 bits per heavy atom. The molecule has 0 fully saturated rings. The van der Waals surface area contributed by atoms with Crippen LogP contribution in [0.4, 0.5) is 5.95 Å². The first-order valence-corrected chi connectivity index (χ1v) is 7.85. The number of para-hydroxylation sites is 1. The van der Waals surface area contributed by atoms with Gasteiger partial charge in [0, 0.05) is 4.88 Å². The number of rotatable bonds is 4. The summed E-state index contributed by atoms with van der Waals surface area (Å²) >= 11 is 1.75. The number of ether oxygens (including phenoxy) is 1. The Hall–Kier alpha value is -2.01. The Balaban J connectivity index is 2.25. The minimum absolute atomic E-state index is 0.183. The number of hydrogen-bond donors (Lipinski definition) is 1. The molecule has 3 rings (SSSR count). The molecule has 5 heteroatoms. The van der Waals surface area contributed by atoms with Gasteiger partial charge in [-0.15, -0.1) is 11.3 Å². The summed E-state index contributed by atoms with van der Waals surface area (Å²) < 4.78 is 7.52. The molecular weight excluding hydrogens is 282 g/mol. The Labute approximate surface area is 128 Å². The highest BCUT2D eigenvalue weighted by molar-refractivity contribution is 7.10. The lowest BCUT2D eigenvalue weighted by Crippen LogP contribution is -2.17. The quantitative estimate of drug-likeness (QED) is 0.794. The number of benzene rings is 1. The van der Waals surface area contributed by atoms with Gasteiger partial charge in [-0.1, -0.05) is 26.0 Å². The lowest BCUT2D eigenvalue weighted by molar-refractivity contribution is 0.419. The number of anilines is 1. The van der Waals surface area contributed by atoms with E-state index in [0.29, 0.717) is 11.9 Å². The van der Waals surface area contributed by atoms with Crippen LogP contribution < -0.4 is 10.5 Å². The molecule has 1 aromatic carbocycles. The number of methoxy groups -OCH3 is 1. The summed E-state index contributed by atoms with van der Waals surface area (Å²) in [5, 5.41) is 2.10. The smallest absolute Gasteiger partial charge is 0.201 e. The minimum Gasteiger partial charge on any atom is -0.494 e. The van der Waals surface area contributed by atoms with Crippen LogP contribution in [0, 0.1) is 5.92 Å². The molecule has 2 aromatic heterocycles. The second-order valence-electron chi connectivity index (χ2n) is 5.37. The average molecular weight is 301 g/mol. The monoisotopic (exact) mass is 301 g/mol. The van der Waals surface area contributed by atoms with Crippen LogP contribution in [-0.2, 0) is 0 Å². The molecule has 21 heavy (non-hydrogen) atoms. The average Bonchev–Trinajstić information content (AvgIpc) is 3.08. The van der Waals surface area contributed by atoms with Crippen LogP contribution in [0.25, 0.3) is 11.0 Å². The fourth-order valence-electron chi connectivity index (χ4n) is 2.78. The van der Waals surface area contributed by atoms with E-state index in [1.54, 1.807) is 18.4 Å². The number of nitrogens with two attached hydrogens (primary N) is 1. The van der Waals surface area contributed by atoms with E-state index in [1.165, 1.54) is 4.88 Å². The van der Waals surface area contributed by atoms with E-state index in [9.17, 15) is 0 Å². The van der Waals surface area contributed by atoms with Gasteiger partial charge in [0.2, 0.25) is 5.95 Å². The van der Waals surface area contributed by atoms with Gasteiger partial charge < -0.3 is 15.0 Å². The van der Waals surface area contributed by atoms with Crippen molar-refractivity contribution in [3.05, 3.63) is 40.6 Å². The Bertz CT molecular complexity index is 746. The highest BCUT2D eigenvalue weighted by atomic mass is 32.1. The highest BCUT2D eigenvalue weighted by Crippen LogP contribution is 2.36. The van der Waals surface area contributed by atoms with Gasteiger partial charge in [0.05, 0.1) is 18.7 Å². The lowest BCUT2D eigenvalue weighted by atomic mass is 10.0. The topological polar surface area (TPSA) is 53.1 Å². The van der Waals surface area contributed by atoms with Crippen molar-refractivity contribution in [2.24, 2.45) is 5.92 Å². The number of aromatic nitrogens is 2. The van der Waals surface area contributed by atoms with E-state index in [-0.39, 0.29) is 6.04 Å². The van der Waals surface area contributed by atoms with E-state index in [1.807, 2.05) is 18.2 Å². The van der Waals surface area contributed by atoms with E-state index in [4.69, 9.17) is 10.5 Å². The molecule has 110 valence electrons. The van der Waals surface area contributed by atoms with E-state index in [0.717, 1.165) is 16.8 Å². The van der Waals surface area contributed by atoms with Gasteiger partial charge in [-0.3, -0.25) is 0 Å². The van der Waals surface area contributed by atoms with Crippen LogP contribution in [-0.4, -0.2) is 16.7 Å². The molecule has 0 saturated heterocycles. The maximum Gasteiger partial charge on any atom is 0.201 e. The van der Waals surface area contributed by atoms with Crippen molar-refractivity contribution in [1.82, 2.24) is 9.55 Å². The molecule has 0 bridgehead atoms. The molecule has 0 radical (unpaired) electrons. The standard InChI is InChI=1S/C16H19N3OS/c1-10(2)15(13-8-5-9-21-13)19-11-6-4-7-12(20-3)14(11)18-16(19)17/h4-10,15H,1-3H3,(H2,17,18). The summed E-state index contributed by atoms with van der Waals surface area (Å²) in [6, 6.07) is 10.3. The van der Waals surface area contributed by atoms with Gasteiger partial charge in [-0.2, -0.15) is 0 Å². The zero-order valence-corrected chi connectivity index (χ0v) is 13.2. The molecule has 0 aliphatic heterocycles. The van der Waals surface area contributed by atoms with E-state index < -0.39 is 0 Å². The van der Waals surface area contributed by atoms with Crippen LogP contribution >= 0.6 is 11.3 Å². The van der Waals surface area contributed by atoms with Crippen LogP contribution in [0.3, 0.4) is 0 Å². The van der Waals surface area contributed by atoms with Crippen molar-refractivity contribution in [3.8, 4) is 5.75 Å². The van der Waals surface area contributed by atoms with Crippen LogP contribution in [0.2, 0.25) is 0 Å². The van der Waals surface area contributed by atoms with Gasteiger partial charge in [-0.05, 0) is 29.5 Å². The number of fused-ring (bicyclic) bond motifs is 1. The molecule has 0 spiro atoms. The molecule has 1 atom stereocenters. The van der Waals surface area contributed by atoms with Crippen LogP contribution in [0.5, 0.6) is 5.75 Å². The Morgan fingerprint density at radius 1 is 1.24 bits per heavy atom. The molecule has 2 heterocycles. The molecule has 1 unspecified atom stereocenters. The fraction of sp³-hybridized carbons (Fsp3) is 0.312. The largest absolute Gasteiger partial charge is 0.494 e. The van der Waals surface area contributed by atoms with Crippen molar-refractivity contribution >= 4 is 28.3 Å². The molecule has 3 aromatic rings. The summed E-state index contributed by atoms with van der Waals surface area (Å²) in [4.78, 5) is 5.81. The number of imidazole rings is 1. The number of thiophene rings is 1. The van der Waals surface area contributed by atoms with Crippen molar-refractivity contribution < 1.29 is 4.74 Å². The minimum atomic E-state index is 0.183. The molecular formula is C16H19N3OS. The number of hydrogen-bond acceptors (Lipinski definition) is 4. The van der Waals surface area contributed by atoms with Gasteiger partial charge in [0.25, 0.3) is 0 Å².